The van der Waals surface area contributed by atoms with E-state index in [-0.39, 0.29) is 29.3 Å². The fourth-order valence-corrected chi connectivity index (χ4v) is 6.23. The van der Waals surface area contributed by atoms with Crippen molar-refractivity contribution in [3.63, 3.8) is 0 Å². The number of unbranched alkanes of at least 4 members (excludes halogenated alkanes) is 6. The lowest BCUT2D eigenvalue weighted by Gasteiger charge is -2.12. The minimum absolute atomic E-state index is 0.0588. The molecule has 0 N–H and O–H groups in total. The van der Waals surface area contributed by atoms with Gasteiger partial charge in [-0.1, -0.05) is 44.3 Å². The van der Waals surface area contributed by atoms with Crippen LogP contribution in [0.5, 0.6) is 23.0 Å². The monoisotopic (exact) mass is 814 g/mol. The van der Waals surface area contributed by atoms with Gasteiger partial charge >= 0.3 is 23.9 Å². The largest absolute Gasteiger partial charge is 0.494 e. The van der Waals surface area contributed by atoms with Crippen LogP contribution in [0.1, 0.15) is 95.8 Å². The zero-order valence-corrected chi connectivity index (χ0v) is 33.9. The third-order valence-corrected chi connectivity index (χ3v) is 9.52. The van der Waals surface area contributed by atoms with Crippen molar-refractivity contribution in [3.05, 3.63) is 133 Å². The molecule has 0 aliphatic rings. The third kappa shape index (κ3) is 13.4. The Balaban J connectivity index is 1.12. The number of carbonyl (C=O) groups is 5. The summed E-state index contributed by atoms with van der Waals surface area (Å²) in [5.41, 5.74) is 0.740. The first-order valence-corrected chi connectivity index (χ1v) is 20.2. The standard InChI is InChI=1S/C49H50O11/c1-4-44(50)43-33-42(59-48(53)38-17-15-36-31-40(21-19-34(36)29-38)55-25-11-7-9-13-27-57-46(51)5-2)23-24-45(43)60-49(54)39-18-16-37-32-41(22-20-35(37)30-39)56-26-12-8-10-14-28-58-47(52)6-3/h5-6,15-24,29-33H,2-4,7-14,25-28H2,1H3. The molecule has 5 rings (SSSR count). The molecule has 60 heavy (non-hydrogen) atoms. The molecule has 11 heteroatoms. The van der Waals surface area contributed by atoms with Gasteiger partial charge in [-0.2, -0.15) is 0 Å². The van der Waals surface area contributed by atoms with E-state index in [9.17, 15) is 24.0 Å². The van der Waals surface area contributed by atoms with E-state index in [0.29, 0.717) is 43.3 Å². The molecule has 0 fully saturated rings. The molecule has 0 amide bonds. The van der Waals surface area contributed by atoms with E-state index >= 15 is 0 Å². The molecular formula is C49H50O11. The van der Waals surface area contributed by atoms with Gasteiger partial charge in [0.05, 0.1) is 43.1 Å². The van der Waals surface area contributed by atoms with E-state index in [1.807, 2.05) is 48.5 Å². The zero-order chi connectivity index (χ0) is 42.7. The van der Waals surface area contributed by atoms with Gasteiger partial charge in [-0.15, -0.1) is 0 Å². The molecule has 0 aliphatic carbocycles. The summed E-state index contributed by atoms with van der Waals surface area (Å²) in [6, 6.07) is 26.0. The van der Waals surface area contributed by atoms with Crippen molar-refractivity contribution in [2.24, 2.45) is 0 Å². The summed E-state index contributed by atoms with van der Waals surface area (Å²) in [5.74, 6) is -0.733. The number of hydrogen-bond acceptors (Lipinski definition) is 11. The van der Waals surface area contributed by atoms with E-state index in [1.165, 1.54) is 18.2 Å². The Morgan fingerprint density at radius 3 is 1.40 bits per heavy atom. The molecule has 11 nitrogen and oxygen atoms in total. The highest BCUT2D eigenvalue weighted by Gasteiger charge is 2.19. The molecule has 0 bridgehead atoms. The van der Waals surface area contributed by atoms with Crippen molar-refractivity contribution in [2.45, 2.75) is 64.7 Å². The van der Waals surface area contributed by atoms with Crippen LogP contribution in [-0.2, 0) is 19.1 Å². The second kappa shape index (κ2) is 23.0. The topological polar surface area (TPSA) is 141 Å². The first-order chi connectivity index (χ1) is 29.2. The fraction of sp³-hybridized carbons (Fsp3) is 0.286. The predicted octanol–water partition coefficient (Wildman–Crippen LogP) is 10.4. The van der Waals surface area contributed by atoms with Gasteiger partial charge in [-0.3, -0.25) is 4.79 Å². The minimum atomic E-state index is -0.642. The summed E-state index contributed by atoms with van der Waals surface area (Å²) in [4.78, 5) is 61.8. The molecule has 5 aromatic rings. The molecule has 0 saturated heterocycles. The summed E-state index contributed by atoms with van der Waals surface area (Å²) in [5, 5.41) is 3.41. The van der Waals surface area contributed by atoms with Gasteiger partial charge in [-0.05, 0) is 140 Å². The molecule has 0 atom stereocenters. The maximum absolute atomic E-state index is 13.3. The predicted molar refractivity (Wildman–Crippen MR) is 229 cm³/mol. The van der Waals surface area contributed by atoms with Crippen molar-refractivity contribution >= 4 is 51.2 Å². The number of fused-ring (bicyclic) bond motifs is 2. The van der Waals surface area contributed by atoms with E-state index < -0.39 is 23.9 Å². The van der Waals surface area contributed by atoms with Crippen LogP contribution in [0.25, 0.3) is 21.5 Å². The Morgan fingerprint density at radius 2 is 0.917 bits per heavy atom. The number of hydrogen-bond donors (Lipinski definition) is 0. The van der Waals surface area contributed by atoms with Gasteiger partial charge in [0.15, 0.2) is 5.78 Å². The number of rotatable bonds is 24. The lowest BCUT2D eigenvalue weighted by atomic mass is 10.1. The molecule has 0 aromatic heterocycles. The average Bonchev–Trinajstić information content (AvgIpc) is 3.27. The van der Waals surface area contributed by atoms with Crippen LogP contribution >= 0.6 is 0 Å². The molecular weight excluding hydrogens is 765 g/mol. The average molecular weight is 815 g/mol. The maximum atomic E-state index is 13.3. The van der Waals surface area contributed by atoms with E-state index in [4.69, 9.17) is 28.4 Å². The molecule has 0 heterocycles. The maximum Gasteiger partial charge on any atom is 0.343 e. The minimum Gasteiger partial charge on any atom is -0.494 e. The molecule has 0 aliphatic heterocycles. The van der Waals surface area contributed by atoms with Crippen molar-refractivity contribution in [3.8, 4) is 23.0 Å². The van der Waals surface area contributed by atoms with Crippen molar-refractivity contribution < 1.29 is 52.4 Å². The Kier molecular flexibility index (Phi) is 17.0. The van der Waals surface area contributed by atoms with Crippen LogP contribution in [-0.4, -0.2) is 56.1 Å². The highest BCUT2D eigenvalue weighted by atomic mass is 16.5. The summed E-state index contributed by atoms with van der Waals surface area (Å²) in [7, 11) is 0. The van der Waals surface area contributed by atoms with Gasteiger partial charge in [0.2, 0.25) is 0 Å². The van der Waals surface area contributed by atoms with E-state index in [2.05, 4.69) is 13.2 Å². The molecule has 0 spiro atoms. The fourth-order valence-electron chi connectivity index (χ4n) is 6.23. The van der Waals surface area contributed by atoms with Gasteiger partial charge in [0.1, 0.15) is 23.0 Å². The molecule has 0 saturated carbocycles. The second-order valence-electron chi connectivity index (χ2n) is 13.9. The highest BCUT2D eigenvalue weighted by Crippen LogP contribution is 2.29. The molecule has 5 aromatic carbocycles. The lowest BCUT2D eigenvalue weighted by Crippen LogP contribution is -2.13. The van der Waals surface area contributed by atoms with Crippen molar-refractivity contribution in [2.75, 3.05) is 26.4 Å². The summed E-state index contributed by atoms with van der Waals surface area (Å²) in [6.07, 6.45) is 9.48. The highest BCUT2D eigenvalue weighted by molar-refractivity contribution is 6.02. The number of ketones is 1. The first-order valence-electron chi connectivity index (χ1n) is 20.2. The Bertz CT molecular complexity index is 2330. The zero-order valence-electron chi connectivity index (χ0n) is 33.9. The quantitative estimate of drug-likeness (QED) is 0.0193. The molecule has 0 unspecified atom stereocenters. The van der Waals surface area contributed by atoms with Crippen LogP contribution in [0.3, 0.4) is 0 Å². The van der Waals surface area contributed by atoms with Crippen LogP contribution in [0.2, 0.25) is 0 Å². The van der Waals surface area contributed by atoms with E-state index in [1.54, 1.807) is 31.2 Å². The van der Waals surface area contributed by atoms with Gasteiger partial charge < -0.3 is 28.4 Å². The van der Waals surface area contributed by atoms with Gasteiger partial charge in [0.25, 0.3) is 0 Å². The SMILES string of the molecule is C=CC(=O)OCCCCCCOc1ccc2cc(C(=O)Oc3ccc(OC(=O)c4ccc5cc(OCCCCCCOC(=O)C=C)ccc5c4)c(C(=O)CC)c3)ccc2c1. The Labute approximate surface area is 349 Å². The Hall–Kier alpha value is -6.75. The number of carbonyl (C=O) groups excluding carboxylic acids is 5. The molecule has 0 radical (unpaired) electrons. The first kappa shape index (κ1) is 44.4. The summed E-state index contributed by atoms with van der Waals surface area (Å²) < 4.78 is 33.2. The van der Waals surface area contributed by atoms with Crippen molar-refractivity contribution in [1.29, 1.82) is 0 Å². The van der Waals surface area contributed by atoms with Gasteiger partial charge in [-0.25, -0.2) is 19.2 Å². The van der Waals surface area contributed by atoms with Crippen LogP contribution in [0.4, 0.5) is 0 Å². The number of ether oxygens (including phenoxy) is 6. The van der Waals surface area contributed by atoms with Gasteiger partial charge in [0, 0.05) is 18.6 Å². The van der Waals surface area contributed by atoms with Crippen LogP contribution in [0, 0.1) is 0 Å². The van der Waals surface area contributed by atoms with Crippen LogP contribution < -0.4 is 18.9 Å². The third-order valence-electron chi connectivity index (χ3n) is 9.52. The lowest BCUT2D eigenvalue weighted by molar-refractivity contribution is -0.138. The van der Waals surface area contributed by atoms with E-state index in [0.717, 1.165) is 90.8 Å². The van der Waals surface area contributed by atoms with Crippen molar-refractivity contribution in [1.82, 2.24) is 0 Å². The summed E-state index contributed by atoms with van der Waals surface area (Å²) >= 11 is 0. The Morgan fingerprint density at radius 1 is 0.483 bits per heavy atom. The molecule has 312 valence electrons. The number of esters is 4. The van der Waals surface area contributed by atoms with Crippen LogP contribution in [0.15, 0.2) is 116 Å². The number of benzene rings is 5. The normalized spacial score (nSPS) is 10.8. The second-order valence-corrected chi connectivity index (χ2v) is 13.9. The number of Topliss-reactive ketones (excluding diaryl/α,β-unsaturated/α-hetero) is 1. The smallest absolute Gasteiger partial charge is 0.343 e. The summed E-state index contributed by atoms with van der Waals surface area (Å²) in [6.45, 7) is 10.3.